The van der Waals surface area contributed by atoms with E-state index in [-0.39, 0.29) is 6.61 Å². The summed E-state index contributed by atoms with van der Waals surface area (Å²) in [5, 5.41) is 12.7. The number of aliphatic hydroxyl groups is 1. The first-order chi connectivity index (χ1) is 10.3. The Labute approximate surface area is 130 Å². The van der Waals surface area contributed by atoms with Crippen molar-refractivity contribution in [2.45, 2.75) is 57.4 Å². The minimum Gasteiger partial charge on any atom is -0.396 e. The Kier molecular flexibility index (Phi) is 9.84. The maximum absolute atomic E-state index is 9.00. The molecule has 0 bridgehead atoms. The van der Waals surface area contributed by atoms with Crippen LogP contribution in [0.5, 0.6) is 0 Å². The molecule has 0 spiro atoms. The minimum absolute atomic E-state index is 0.256. The van der Waals surface area contributed by atoms with E-state index in [1.165, 1.54) is 24.8 Å². The number of aliphatic hydroxyl groups excluding tert-OH is 1. The van der Waals surface area contributed by atoms with Gasteiger partial charge in [-0.05, 0) is 43.7 Å². The van der Waals surface area contributed by atoms with Crippen LogP contribution in [0.25, 0.3) is 0 Å². The second-order valence-electron chi connectivity index (χ2n) is 5.66. The molecule has 1 aromatic carbocycles. The van der Waals surface area contributed by atoms with Crippen molar-refractivity contribution in [1.29, 1.82) is 0 Å². The van der Waals surface area contributed by atoms with Crippen LogP contribution in [0.4, 0.5) is 0 Å². The number of unbranched alkanes of at least 4 members (excludes halogenated alkanes) is 1. The molecule has 2 atom stereocenters. The summed E-state index contributed by atoms with van der Waals surface area (Å²) < 4.78 is 0. The van der Waals surface area contributed by atoms with Crippen molar-refractivity contribution in [3.8, 4) is 0 Å². The summed E-state index contributed by atoms with van der Waals surface area (Å²) >= 11 is 0. The van der Waals surface area contributed by atoms with E-state index in [9.17, 15) is 0 Å². The molecular formula is C19H31NO. The fourth-order valence-corrected chi connectivity index (χ4v) is 2.83. The molecule has 0 aromatic heterocycles. The molecule has 1 aromatic rings. The lowest BCUT2D eigenvalue weighted by Gasteiger charge is -2.29. The Morgan fingerprint density at radius 1 is 1.19 bits per heavy atom. The molecule has 118 valence electrons. The predicted octanol–water partition coefficient (Wildman–Crippen LogP) is 4.27. The number of allylic oxidation sites excluding steroid dienone is 1. The van der Waals surface area contributed by atoms with E-state index in [1.54, 1.807) is 0 Å². The second-order valence-corrected chi connectivity index (χ2v) is 5.66. The Hall–Kier alpha value is -1.12. The van der Waals surface area contributed by atoms with Crippen LogP contribution in [-0.2, 0) is 0 Å². The molecule has 2 nitrogen and oxygen atoms in total. The molecule has 0 aliphatic carbocycles. The molecule has 0 aliphatic rings. The van der Waals surface area contributed by atoms with Crippen LogP contribution in [0.3, 0.4) is 0 Å². The summed E-state index contributed by atoms with van der Waals surface area (Å²) in [5.74, 6) is 0.546. The maximum atomic E-state index is 9.00. The Bertz CT molecular complexity index is 363. The van der Waals surface area contributed by atoms with Gasteiger partial charge in [0.1, 0.15) is 0 Å². The van der Waals surface area contributed by atoms with Crippen LogP contribution in [-0.4, -0.2) is 24.3 Å². The molecule has 2 unspecified atom stereocenters. The SMILES string of the molecule is C=CCCC(NCCCO)C(CCCC)c1ccccc1. The quantitative estimate of drug-likeness (QED) is 0.445. The van der Waals surface area contributed by atoms with Crippen LogP contribution >= 0.6 is 0 Å². The Morgan fingerprint density at radius 3 is 2.57 bits per heavy atom. The lowest BCUT2D eigenvalue weighted by atomic mass is 9.84. The molecule has 0 fully saturated rings. The van der Waals surface area contributed by atoms with Gasteiger partial charge in [0.15, 0.2) is 0 Å². The highest BCUT2D eigenvalue weighted by Crippen LogP contribution is 2.28. The molecule has 0 radical (unpaired) electrons. The highest BCUT2D eigenvalue weighted by molar-refractivity contribution is 5.21. The molecule has 0 amide bonds. The fraction of sp³-hybridized carbons (Fsp3) is 0.579. The van der Waals surface area contributed by atoms with E-state index < -0.39 is 0 Å². The monoisotopic (exact) mass is 289 g/mol. The number of hydrogen-bond acceptors (Lipinski definition) is 2. The molecule has 0 saturated heterocycles. The van der Waals surface area contributed by atoms with Crippen LogP contribution in [0.2, 0.25) is 0 Å². The second kappa shape index (κ2) is 11.5. The van der Waals surface area contributed by atoms with Gasteiger partial charge in [-0.1, -0.05) is 56.2 Å². The third kappa shape index (κ3) is 6.92. The highest BCUT2D eigenvalue weighted by Gasteiger charge is 2.21. The third-order valence-electron chi connectivity index (χ3n) is 4.01. The normalized spacial score (nSPS) is 13.8. The largest absolute Gasteiger partial charge is 0.396 e. The lowest BCUT2D eigenvalue weighted by Crippen LogP contribution is -2.36. The zero-order chi connectivity index (χ0) is 15.3. The van der Waals surface area contributed by atoms with Crippen molar-refractivity contribution >= 4 is 0 Å². The number of benzene rings is 1. The van der Waals surface area contributed by atoms with Gasteiger partial charge in [-0.25, -0.2) is 0 Å². The van der Waals surface area contributed by atoms with Gasteiger partial charge in [-0.3, -0.25) is 0 Å². The van der Waals surface area contributed by atoms with E-state index in [0.29, 0.717) is 12.0 Å². The molecule has 0 heterocycles. The summed E-state index contributed by atoms with van der Waals surface area (Å²) in [6, 6.07) is 11.3. The zero-order valence-corrected chi connectivity index (χ0v) is 13.4. The fourth-order valence-electron chi connectivity index (χ4n) is 2.83. The van der Waals surface area contributed by atoms with Crippen LogP contribution in [0.15, 0.2) is 43.0 Å². The summed E-state index contributed by atoms with van der Waals surface area (Å²) in [6.45, 7) is 7.24. The summed E-state index contributed by atoms with van der Waals surface area (Å²) in [5.41, 5.74) is 1.43. The maximum Gasteiger partial charge on any atom is 0.0443 e. The summed E-state index contributed by atoms with van der Waals surface area (Å²) in [6.07, 6.45) is 8.67. The van der Waals surface area contributed by atoms with E-state index in [1.807, 2.05) is 6.08 Å². The van der Waals surface area contributed by atoms with E-state index in [4.69, 9.17) is 5.11 Å². The molecule has 1 rings (SSSR count). The molecule has 0 saturated carbocycles. The van der Waals surface area contributed by atoms with Gasteiger partial charge < -0.3 is 10.4 Å². The topological polar surface area (TPSA) is 32.3 Å². The van der Waals surface area contributed by atoms with Gasteiger partial charge in [-0.2, -0.15) is 0 Å². The molecular weight excluding hydrogens is 258 g/mol. The van der Waals surface area contributed by atoms with Gasteiger partial charge in [-0.15, -0.1) is 6.58 Å². The number of hydrogen-bond donors (Lipinski definition) is 2. The standard InChI is InChI=1S/C19H31NO/c1-3-5-13-18(17-11-8-7-9-12-17)19(14-6-4-2)20-15-10-16-21/h4,7-9,11-12,18-21H,2-3,5-6,10,13-16H2,1H3. The van der Waals surface area contributed by atoms with Gasteiger partial charge in [0.25, 0.3) is 0 Å². The zero-order valence-electron chi connectivity index (χ0n) is 13.4. The average molecular weight is 289 g/mol. The lowest BCUT2D eigenvalue weighted by molar-refractivity contribution is 0.278. The summed E-state index contributed by atoms with van der Waals surface area (Å²) in [4.78, 5) is 0. The Morgan fingerprint density at radius 2 is 1.95 bits per heavy atom. The van der Waals surface area contributed by atoms with Gasteiger partial charge in [0.2, 0.25) is 0 Å². The van der Waals surface area contributed by atoms with Crippen molar-refractivity contribution in [2.24, 2.45) is 0 Å². The van der Waals surface area contributed by atoms with E-state index in [2.05, 4.69) is 49.2 Å². The van der Waals surface area contributed by atoms with Gasteiger partial charge in [0, 0.05) is 12.6 Å². The predicted molar refractivity (Wildman–Crippen MR) is 91.6 cm³/mol. The van der Waals surface area contributed by atoms with Crippen LogP contribution < -0.4 is 5.32 Å². The van der Waals surface area contributed by atoms with Gasteiger partial charge in [0.05, 0.1) is 0 Å². The molecule has 2 heteroatoms. The van der Waals surface area contributed by atoms with Crippen LogP contribution in [0, 0.1) is 0 Å². The average Bonchev–Trinajstić information content (AvgIpc) is 2.53. The van der Waals surface area contributed by atoms with E-state index >= 15 is 0 Å². The first kappa shape index (κ1) is 17.9. The molecule has 0 aliphatic heterocycles. The first-order valence-electron chi connectivity index (χ1n) is 8.33. The third-order valence-corrected chi connectivity index (χ3v) is 4.01. The van der Waals surface area contributed by atoms with Crippen molar-refractivity contribution < 1.29 is 5.11 Å². The number of rotatable bonds is 12. The molecule has 21 heavy (non-hydrogen) atoms. The smallest absolute Gasteiger partial charge is 0.0443 e. The number of nitrogens with one attached hydrogen (secondary N) is 1. The minimum atomic E-state index is 0.256. The highest BCUT2D eigenvalue weighted by atomic mass is 16.3. The van der Waals surface area contributed by atoms with E-state index in [0.717, 1.165) is 25.8 Å². The van der Waals surface area contributed by atoms with Crippen molar-refractivity contribution in [1.82, 2.24) is 5.32 Å². The van der Waals surface area contributed by atoms with Crippen molar-refractivity contribution in [3.63, 3.8) is 0 Å². The summed E-state index contributed by atoms with van der Waals surface area (Å²) in [7, 11) is 0. The molecule has 2 N–H and O–H groups in total. The van der Waals surface area contributed by atoms with Crippen molar-refractivity contribution in [2.75, 3.05) is 13.2 Å². The Balaban J connectivity index is 2.78. The first-order valence-corrected chi connectivity index (χ1v) is 8.33. The van der Waals surface area contributed by atoms with Crippen LogP contribution in [0.1, 0.15) is 56.9 Å². The van der Waals surface area contributed by atoms with Gasteiger partial charge >= 0.3 is 0 Å². The van der Waals surface area contributed by atoms with Crippen molar-refractivity contribution in [3.05, 3.63) is 48.6 Å².